The minimum Gasteiger partial charge on any atom is -0.493 e. The summed E-state index contributed by atoms with van der Waals surface area (Å²) in [6.45, 7) is 3.25. The van der Waals surface area contributed by atoms with E-state index in [2.05, 4.69) is 0 Å². The van der Waals surface area contributed by atoms with Crippen LogP contribution in [-0.2, 0) is 9.53 Å². The van der Waals surface area contributed by atoms with E-state index in [1.54, 1.807) is 12.1 Å². The Morgan fingerprint density at radius 2 is 2.00 bits per heavy atom. The summed E-state index contributed by atoms with van der Waals surface area (Å²) in [5.74, 6) is 0.330. The molecule has 1 aliphatic rings. The van der Waals surface area contributed by atoms with Crippen molar-refractivity contribution in [1.82, 2.24) is 4.90 Å². The maximum Gasteiger partial charge on any atom is 0.222 e. The van der Waals surface area contributed by atoms with E-state index in [-0.39, 0.29) is 30.2 Å². The van der Waals surface area contributed by atoms with Gasteiger partial charge in [-0.05, 0) is 44.4 Å². The molecule has 2 rings (SSSR count). The second-order valence-corrected chi connectivity index (χ2v) is 6.00. The number of likely N-dealkylation sites (tertiary alicyclic amines) is 1. The first-order chi connectivity index (χ1) is 11.7. The van der Waals surface area contributed by atoms with Crippen molar-refractivity contribution in [3.63, 3.8) is 0 Å². The van der Waals surface area contributed by atoms with Gasteiger partial charge in [-0.15, -0.1) is 12.4 Å². The molecule has 2 N–H and O–H groups in total. The molecule has 1 saturated heterocycles. The Hall–Kier alpha value is -1.37. The van der Waals surface area contributed by atoms with Gasteiger partial charge in [0.2, 0.25) is 5.91 Å². The fraction of sp³-hybridized carbons (Fsp3) is 0.611. The number of hydrogen-bond donors (Lipinski definition) is 1. The van der Waals surface area contributed by atoms with E-state index in [9.17, 15) is 9.18 Å². The van der Waals surface area contributed by atoms with Crippen LogP contribution in [0.2, 0.25) is 0 Å². The van der Waals surface area contributed by atoms with Gasteiger partial charge < -0.3 is 20.1 Å². The highest BCUT2D eigenvalue weighted by molar-refractivity contribution is 5.85. The molecule has 142 valence electrons. The number of hydrogen-bond acceptors (Lipinski definition) is 4. The summed E-state index contributed by atoms with van der Waals surface area (Å²) < 4.78 is 24.2. The molecule has 0 unspecified atom stereocenters. The molecule has 0 spiro atoms. The lowest BCUT2D eigenvalue weighted by Gasteiger charge is -2.32. The normalized spacial score (nSPS) is 14.9. The fourth-order valence-corrected chi connectivity index (χ4v) is 2.73. The standard InChI is InChI=1S/C18H27FN2O3.ClH/c19-15-4-1-5-17(14-15)24-12-2-6-18(22)21-10-7-16(8-11-21)23-13-3-9-20;/h1,4-5,14,16H,2-3,6-13,20H2;1H. The van der Waals surface area contributed by atoms with E-state index in [1.807, 2.05) is 4.90 Å². The molecule has 0 saturated carbocycles. The van der Waals surface area contributed by atoms with Crippen LogP contribution in [0.15, 0.2) is 24.3 Å². The molecule has 1 heterocycles. The second kappa shape index (κ2) is 12.1. The number of nitrogens with two attached hydrogens (primary N) is 1. The van der Waals surface area contributed by atoms with Gasteiger partial charge in [-0.1, -0.05) is 6.07 Å². The summed E-state index contributed by atoms with van der Waals surface area (Å²) in [7, 11) is 0. The molecule has 1 aromatic rings. The maximum absolute atomic E-state index is 13.0. The lowest BCUT2D eigenvalue weighted by atomic mass is 10.1. The summed E-state index contributed by atoms with van der Waals surface area (Å²) in [4.78, 5) is 14.1. The summed E-state index contributed by atoms with van der Waals surface area (Å²) >= 11 is 0. The van der Waals surface area contributed by atoms with Crippen LogP contribution in [0.1, 0.15) is 32.1 Å². The smallest absolute Gasteiger partial charge is 0.222 e. The minimum absolute atomic E-state index is 0. The van der Waals surface area contributed by atoms with E-state index < -0.39 is 0 Å². The average Bonchev–Trinajstić information content (AvgIpc) is 2.59. The molecule has 5 nitrogen and oxygen atoms in total. The fourth-order valence-electron chi connectivity index (χ4n) is 2.73. The molecule has 0 bridgehead atoms. The summed E-state index contributed by atoms with van der Waals surface area (Å²) in [5.41, 5.74) is 5.45. The van der Waals surface area contributed by atoms with E-state index in [1.165, 1.54) is 12.1 Å². The highest BCUT2D eigenvalue weighted by atomic mass is 35.5. The molecular weight excluding hydrogens is 347 g/mol. The zero-order valence-corrected chi connectivity index (χ0v) is 15.3. The number of halogens is 2. The largest absolute Gasteiger partial charge is 0.493 e. The van der Waals surface area contributed by atoms with Gasteiger partial charge in [-0.2, -0.15) is 0 Å². The molecule has 7 heteroatoms. The third-order valence-corrected chi connectivity index (χ3v) is 4.10. The van der Waals surface area contributed by atoms with Crippen LogP contribution in [-0.4, -0.2) is 49.8 Å². The monoisotopic (exact) mass is 374 g/mol. The van der Waals surface area contributed by atoms with Crippen molar-refractivity contribution in [3.05, 3.63) is 30.1 Å². The Balaban J connectivity index is 0.00000312. The minimum atomic E-state index is -0.319. The van der Waals surface area contributed by atoms with E-state index in [0.717, 1.165) is 32.4 Å². The molecule has 1 aromatic carbocycles. The number of ether oxygens (including phenoxy) is 2. The molecule has 1 amide bonds. The third kappa shape index (κ3) is 8.03. The van der Waals surface area contributed by atoms with Crippen LogP contribution in [0.4, 0.5) is 4.39 Å². The Labute approximate surface area is 155 Å². The van der Waals surface area contributed by atoms with Crippen LogP contribution >= 0.6 is 12.4 Å². The first-order valence-electron chi connectivity index (χ1n) is 8.67. The molecule has 1 aliphatic heterocycles. The zero-order chi connectivity index (χ0) is 17.2. The molecule has 0 radical (unpaired) electrons. The van der Waals surface area contributed by atoms with Gasteiger partial charge in [0.25, 0.3) is 0 Å². The number of piperidine rings is 1. The quantitative estimate of drug-likeness (QED) is 0.675. The van der Waals surface area contributed by atoms with Crippen molar-refractivity contribution < 1.29 is 18.7 Å². The van der Waals surface area contributed by atoms with Gasteiger partial charge >= 0.3 is 0 Å². The molecule has 0 aliphatic carbocycles. The number of nitrogens with zero attached hydrogens (tertiary/aromatic N) is 1. The van der Waals surface area contributed by atoms with Gasteiger partial charge in [-0.3, -0.25) is 4.79 Å². The van der Waals surface area contributed by atoms with Crippen LogP contribution < -0.4 is 10.5 Å². The maximum atomic E-state index is 13.0. The van der Waals surface area contributed by atoms with Gasteiger partial charge in [-0.25, -0.2) is 4.39 Å². The number of carbonyl (C=O) groups is 1. The van der Waals surface area contributed by atoms with Crippen molar-refractivity contribution in [3.8, 4) is 5.75 Å². The highest BCUT2D eigenvalue weighted by Crippen LogP contribution is 2.16. The molecule has 0 aromatic heterocycles. The van der Waals surface area contributed by atoms with Gasteiger partial charge in [0, 0.05) is 32.2 Å². The van der Waals surface area contributed by atoms with Crippen molar-refractivity contribution in [2.45, 2.75) is 38.2 Å². The predicted molar refractivity (Wildman–Crippen MR) is 97.6 cm³/mol. The van der Waals surface area contributed by atoms with E-state index in [0.29, 0.717) is 38.3 Å². The Bertz CT molecular complexity index is 511. The number of benzene rings is 1. The third-order valence-electron chi connectivity index (χ3n) is 4.10. The number of amides is 1. The average molecular weight is 375 g/mol. The van der Waals surface area contributed by atoms with E-state index in [4.69, 9.17) is 15.2 Å². The second-order valence-electron chi connectivity index (χ2n) is 6.00. The number of rotatable bonds is 9. The first kappa shape index (κ1) is 21.7. The van der Waals surface area contributed by atoms with Crippen LogP contribution in [0, 0.1) is 5.82 Å². The first-order valence-corrected chi connectivity index (χ1v) is 8.67. The van der Waals surface area contributed by atoms with Crippen molar-refractivity contribution in [1.29, 1.82) is 0 Å². The van der Waals surface area contributed by atoms with Crippen molar-refractivity contribution in [2.75, 3.05) is 32.8 Å². The van der Waals surface area contributed by atoms with E-state index >= 15 is 0 Å². The Morgan fingerprint density at radius 3 is 2.68 bits per heavy atom. The predicted octanol–water partition coefficient (Wildman–Crippen LogP) is 2.76. The highest BCUT2D eigenvalue weighted by Gasteiger charge is 2.22. The summed E-state index contributed by atoms with van der Waals surface area (Å²) in [6, 6.07) is 6.03. The molecule has 25 heavy (non-hydrogen) atoms. The van der Waals surface area contributed by atoms with Gasteiger partial charge in [0.1, 0.15) is 11.6 Å². The zero-order valence-electron chi connectivity index (χ0n) is 14.5. The van der Waals surface area contributed by atoms with Crippen LogP contribution in [0.5, 0.6) is 5.75 Å². The lowest BCUT2D eigenvalue weighted by molar-refractivity contribution is -0.134. The van der Waals surface area contributed by atoms with Gasteiger partial charge in [0.05, 0.1) is 12.7 Å². The molecule has 1 fully saturated rings. The summed E-state index contributed by atoms with van der Waals surface area (Å²) in [5, 5.41) is 0. The summed E-state index contributed by atoms with van der Waals surface area (Å²) in [6.07, 6.45) is 3.98. The number of carbonyl (C=O) groups excluding carboxylic acids is 1. The van der Waals surface area contributed by atoms with Crippen LogP contribution in [0.25, 0.3) is 0 Å². The Kier molecular flexibility index (Phi) is 10.5. The molecular formula is C18H28ClFN2O3. The SMILES string of the molecule is Cl.NCCCOC1CCN(C(=O)CCCOc2cccc(F)c2)CC1. The van der Waals surface area contributed by atoms with Crippen molar-refractivity contribution in [2.24, 2.45) is 5.73 Å². The molecule has 0 atom stereocenters. The van der Waals surface area contributed by atoms with Crippen LogP contribution in [0.3, 0.4) is 0 Å². The Morgan fingerprint density at radius 1 is 1.24 bits per heavy atom. The van der Waals surface area contributed by atoms with Gasteiger partial charge in [0.15, 0.2) is 0 Å². The topological polar surface area (TPSA) is 64.8 Å². The van der Waals surface area contributed by atoms with Crippen molar-refractivity contribution >= 4 is 18.3 Å². The lowest BCUT2D eigenvalue weighted by Crippen LogP contribution is -2.41.